The van der Waals surface area contributed by atoms with Crippen molar-refractivity contribution in [3.05, 3.63) is 65.7 Å². The Labute approximate surface area is 149 Å². The lowest BCUT2D eigenvalue weighted by atomic mass is 9.74. The average Bonchev–Trinajstić information content (AvgIpc) is 2.98. The van der Waals surface area contributed by atoms with Crippen LogP contribution in [0.5, 0.6) is 0 Å². The van der Waals surface area contributed by atoms with Crippen molar-refractivity contribution in [2.24, 2.45) is 0 Å². The molecule has 2 aromatic rings. The van der Waals surface area contributed by atoms with E-state index < -0.39 is 0 Å². The van der Waals surface area contributed by atoms with Gasteiger partial charge in [0, 0.05) is 12.0 Å². The van der Waals surface area contributed by atoms with Crippen LogP contribution in [0, 0.1) is 0 Å². The zero-order valence-electron chi connectivity index (χ0n) is 14.6. The Kier molecular flexibility index (Phi) is 4.22. The van der Waals surface area contributed by atoms with Crippen LogP contribution >= 0.6 is 0 Å². The van der Waals surface area contributed by atoms with Crippen LogP contribution in [0.4, 0.5) is 10.5 Å². The first-order valence-corrected chi connectivity index (χ1v) is 8.94. The summed E-state index contributed by atoms with van der Waals surface area (Å²) in [6, 6.07) is 18.2. The highest BCUT2D eigenvalue weighted by atomic mass is 16.6. The maximum atomic E-state index is 12.8. The summed E-state index contributed by atoms with van der Waals surface area (Å²) in [6.45, 7) is 3.18. The second-order valence-electron chi connectivity index (χ2n) is 7.23. The van der Waals surface area contributed by atoms with Gasteiger partial charge in [0.2, 0.25) is 0 Å². The van der Waals surface area contributed by atoms with Gasteiger partial charge in [-0.25, -0.2) is 4.79 Å². The fourth-order valence-electron chi connectivity index (χ4n) is 4.06. The lowest BCUT2D eigenvalue weighted by molar-refractivity contribution is 0.143. The molecule has 0 saturated carbocycles. The number of hydrogen-bond acceptors (Lipinski definition) is 3. The van der Waals surface area contributed by atoms with Crippen LogP contribution in [0.2, 0.25) is 0 Å². The second kappa shape index (κ2) is 6.52. The Morgan fingerprint density at radius 2 is 1.72 bits per heavy atom. The fraction of sp³-hybridized carbons (Fsp3) is 0.381. The summed E-state index contributed by atoms with van der Waals surface area (Å²) in [5.41, 5.74) is 3.41. The molecule has 0 N–H and O–H groups in total. The fourth-order valence-corrected chi connectivity index (χ4v) is 4.06. The average molecular weight is 336 g/mol. The van der Waals surface area contributed by atoms with Gasteiger partial charge in [-0.15, -0.1) is 0 Å². The molecule has 0 aliphatic carbocycles. The summed E-state index contributed by atoms with van der Waals surface area (Å²) >= 11 is 0. The Bertz CT molecular complexity index is 752. The molecule has 1 spiro atoms. The van der Waals surface area contributed by atoms with E-state index in [1.54, 1.807) is 0 Å². The van der Waals surface area contributed by atoms with Crippen molar-refractivity contribution in [2.75, 3.05) is 31.6 Å². The SMILES string of the molecule is CN1CCC2(CC1)CN(C(=O)OCc1ccccc1)c1ccccc12. The lowest BCUT2D eigenvalue weighted by Crippen LogP contribution is -2.44. The monoisotopic (exact) mass is 336 g/mol. The normalized spacial score (nSPS) is 19.0. The highest BCUT2D eigenvalue weighted by Gasteiger charge is 2.46. The molecule has 0 unspecified atom stereocenters. The first kappa shape index (κ1) is 16.2. The number of rotatable bonds is 2. The third-order valence-corrected chi connectivity index (χ3v) is 5.60. The van der Waals surface area contributed by atoms with Crippen LogP contribution in [0.1, 0.15) is 24.0 Å². The highest BCUT2D eigenvalue weighted by Crippen LogP contribution is 2.46. The van der Waals surface area contributed by atoms with Gasteiger partial charge in [0.25, 0.3) is 0 Å². The van der Waals surface area contributed by atoms with E-state index in [-0.39, 0.29) is 11.5 Å². The van der Waals surface area contributed by atoms with Gasteiger partial charge in [-0.1, -0.05) is 48.5 Å². The predicted octanol–water partition coefficient (Wildman–Crippen LogP) is 3.81. The van der Waals surface area contributed by atoms with E-state index in [1.807, 2.05) is 47.4 Å². The molecule has 2 aliphatic heterocycles. The number of carbonyl (C=O) groups excluding carboxylic acids is 1. The molecule has 4 heteroatoms. The zero-order valence-corrected chi connectivity index (χ0v) is 14.6. The van der Waals surface area contributed by atoms with Gasteiger partial charge in [-0.3, -0.25) is 4.90 Å². The number of likely N-dealkylation sites (tertiary alicyclic amines) is 1. The van der Waals surface area contributed by atoms with Gasteiger partial charge in [0.1, 0.15) is 6.61 Å². The molecule has 0 radical (unpaired) electrons. The molecule has 2 aliphatic rings. The highest BCUT2D eigenvalue weighted by molar-refractivity contribution is 5.91. The maximum Gasteiger partial charge on any atom is 0.414 e. The number of hydrogen-bond donors (Lipinski definition) is 0. The first-order valence-electron chi connectivity index (χ1n) is 8.94. The topological polar surface area (TPSA) is 32.8 Å². The van der Waals surface area contributed by atoms with Gasteiger partial charge in [0.15, 0.2) is 0 Å². The zero-order chi connectivity index (χ0) is 17.3. The van der Waals surface area contributed by atoms with Crippen molar-refractivity contribution >= 4 is 11.8 Å². The van der Waals surface area contributed by atoms with E-state index in [1.165, 1.54) is 5.56 Å². The summed E-state index contributed by atoms with van der Waals surface area (Å²) in [6.07, 6.45) is 1.93. The molecule has 4 rings (SSSR count). The van der Waals surface area contributed by atoms with Crippen LogP contribution in [0.3, 0.4) is 0 Å². The summed E-state index contributed by atoms with van der Waals surface area (Å²) < 4.78 is 5.60. The van der Waals surface area contributed by atoms with Crippen LogP contribution in [-0.4, -0.2) is 37.7 Å². The van der Waals surface area contributed by atoms with Crippen molar-refractivity contribution in [2.45, 2.75) is 24.9 Å². The first-order chi connectivity index (χ1) is 12.2. The largest absolute Gasteiger partial charge is 0.444 e. The number of anilines is 1. The molecule has 4 nitrogen and oxygen atoms in total. The maximum absolute atomic E-state index is 12.8. The van der Waals surface area contributed by atoms with Gasteiger partial charge in [-0.05, 0) is 50.2 Å². The van der Waals surface area contributed by atoms with Gasteiger partial charge in [0.05, 0.1) is 5.69 Å². The summed E-state index contributed by atoms with van der Waals surface area (Å²) in [5, 5.41) is 0. The van der Waals surface area contributed by atoms with Crippen LogP contribution < -0.4 is 4.90 Å². The third kappa shape index (κ3) is 3.02. The number of amides is 1. The minimum Gasteiger partial charge on any atom is -0.444 e. The molecule has 2 aromatic carbocycles. The van der Waals surface area contributed by atoms with E-state index in [0.29, 0.717) is 6.61 Å². The van der Waals surface area contributed by atoms with Crippen LogP contribution in [0.15, 0.2) is 54.6 Å². The summed E-state index contributed by atoms with van der Waals surface area (Å²) in [4.78, 5) is 17.0. The van der Waals surface area contributed by atoms with E-state index >= 15 is 0 Å². The number of benzene rings is 2. The van der Waals surface area contributed by atoms with Gasteiger partial charge >= 0.3 is 6.09 Å². The van der Waals surface area contributed by atoms with Gasteiger partial charge < -0.3 is 9.64 Å². The molecule has 1 amide bonds. The Hall–Kier alpha value is -2.33. The second-order valence-corrected chi connectivity index (χ2v) is 7.23. The molecule has 25 heavy (non-hydrogen) atoms. The minimum atomic E-state index is -0.243. The van der Waals surface area contributed by atoms with Crippen molar-refractivity contribution in [3.63, 3.8) is 0 Å². The van der Waals surface area contributed by atoms with Crippen molar-refractivity contribution in [1.82, 2.24) is 4.90 Å². The van der Waals surface area contributed by atoms with Crippen molar-refractivity contribution in [3.8, 4) is 0 Å². The number of carbonyl (C=O) groups is 1. The van der Waals surface area contributed by atoms with E-state index in [2.05, 4.69) is 24.1 Å². The molecule has 130 valence electrons. The van der Waals surface area contributed by atoms with E-state index in [4.69, 9.17) is 4.74 Å². The Morgan fingerprint density at radius 1 is 1.04 bits per heavy atom. The number of ether oxygens (including phenoxy) is 1. The van der Waals surface area contributed by atoms with E-state index in [9.17, 15) is 4.79 Å². The molecular formula is C21H24N2O2. The molecule has 2 heterocycles. The molecule has 0 atom stereocenters. The molecule has 1 saturated heterocycles. The summed E-state index contributed by atoms with van der Waals surface area (Å²) in [7, 11) is 2.17. The van der Waals surface area contributed by atoms with Crippen molar-refractivity contribution in [1.29, 1.82) is 0 Å². The van der Waals surface area contributed by atoms with Crippen molar-refractivity contribution < 1.29 is 9.53 Å². The van der Waals surface area contributed by atoms with Crippen LogP contribution in [-0.2, 0) is 16.8 Å². The predicted molar refractivity (Wildman–Crippen MR) is 98.8 cm³/mol. The quantitative estimate of drug-likeness (QED) is 0.836. The number of piperidine rings is 1. The minimum absolute atomic E-state index is 0.0782. The molecule has 0 bridgehead atoms. The number of para-hydroxylation sites is 1. The van der Waals surface area contributed by atoms with E-state index in [0.717, 1.165) is 43.7 Å². The standard InChI is InChI=1S/C21H24N2O2/c1-22-13-11-21(12-14-22)16-23(19-10-6-5-9-18(19)21)20(24)25-15-17-7-3-2-4-8-17/h2-10H,11-16H2,1H3. The summed E-state index contributed by atoms with van der Waals surface area (Å²) in [5.74, 6) is 0. The molecular weight excluding hydrogens is 312 g/mol. The molecule has 0 aromatic heterocycles. The molecule has 1 fully saturated rings. The number of fused-ring (bicyclic) bond motifs is 2. The Morgan fingerprint density at radius 3 is 2.48 bits per heavy atom. The lowest BCUT2D eigenvalue weighted by Gasteiger charge is -2.38. The third-order valence-electron chi connectivity index (χ3n) is 5.60. The number of nitrogens with zero attached hydrogens (tertiary/aromatic N) is 2. The van der Waals surface area contributed by atoms with Crippen LogP contribution in [0.25, 0.3) is 0 Å². The Balaban J connectivity index is 1.53. The van der Waals surface area contributed by atoms with Gasteiger partial charge in [-0.2, -0.15) is 0 Å². The smallest absolute Gasteiger partial charge is 0.414 e.